The molecule has 2 N–H and O–H groups in total. The van der Waals surface area contributed by atoms with E-state index in [1.807, 2.05) is 0 Å². The van der Waals surface area contributed by atoms with Crippen LogP contribution < -0.4 is 5.73 Å². The molecule has 0 aromatic rings. The first-order valence-electron chi connectivity index (χ1n) is 7.11. The molecule has 2 aliphatic carbocycles. The van der Waals surface area contributed by atoms with Gasteiger partial charge in [0, 0.05) is 19.6 Å². The number of rotatable bonds is 8. The highest BCUT2D eigenvalue weighted by atomic mass is 16.5. The van der Waals surface area contributed by atoms with Gasteiger partial charge in [-0.1, -0.05) is 0 Å². The Morgan fingerprint density at radius 3 is 2.17 bits per heavy atom. The van der Waals surface area contributed by atoms with Crippen molar-refractivity contribution in [2.24, 2.45) is 17.6 Å². The summed E-state index contributed by atoms with van der Waals surface area (Å²) in [6.45, 7) is 5.06. The Labute approximate surface area is 110 Å². The van der Waals surface area contributed by atoms with Gasteiger partial charge in [-0.25, -0.2) is 0 Å². The zero-order chi connectivity index (χ0) is 13.2. The SMILES string of the molecule is COC(=O)C(C)(N)CCN(CC1CC1)CC1CC1. The highest BCUT2D eigenvalue weighted by molar-refractivity contribution is 5.79. The van der Waals surface area contributed by atoms with Gasteiger partial charge in [0.25, 0.3) is 0 Å². The Balaban J connectivity index is 1.77. The summed E-state index contributed by atoms with van der Waals surface area (Å²) in [5.41, 5.74) is 5.16. The van der Waals surface area contributed by atoms with E-state index in [-0.39, 0.29) is 5.97 Å². The molecule has 2 saturated carbocycles. The van der Waals surface area contributed by atoms with Gasteiger partial charge in [-0.3, -0.25) is 4.79 Å². The van der Waals surface area contributed by atoms with Crippen LogP contribution in [0, 0.1) is 11.8 Å². The van der Waals surface area contributed by atoms with Crippen molar-refractivity contribution in [1.29, 1.82) is 0 Å². The second kappa shape index (κ2) is 5.57. The van der Waals surface area contributed by atoms with Gasteiger partial charge in [-0.15, -0.1) is 0 Å². The number of ether oxygens (including phenoxy) is 1. The summed E-state index contributed by atoms with van der Waals surface area (Å²) in [4.78, 5) is 14.1. The van der Waals surface area contributed by atoms with Crippen molar-refractivity contribution in [3.63, 3.8) is 0 Å². The summed E-state index contributed by atoms with van der Waals surface area (Å²) in [6, 6.07) is 0. The van der Waals surface area contributed by atoms with Crippen molar-refractivity contribution in [1.82, 2.24) is 4.90 Å². The average molecular weight is 254 g/mol. The molecule has 0 aromatic carbocycles. The summed E-state index contributed by atoms with van der Waals surface area (Å²) in [5.74, 6) is 1.48. The number of nitrogens with zero attached hydrogens (tertiary/aromatic N) is 1. The van der Waals surface area contributed by atoms with E-state index < -0.39 is 5.54 Å². The number of methoxy groups -OCH3 is 1. The van der Waals surface area contributed by atoms with Crippen LogP contribution in [0.5, 0.6) is 0 Å². The second-order valence-electron chi connectivity index (χ2n) is 6.31. The molecule has 0 heterocycles. The maximum absolute atomic E-state index is 11.5. The zero-order valence-electron chi connectivity index (χ0n) is 11.7. The lowest BCUT2D eigenvalue weighted by Gasteiger charge is -2.27. The zero-order valence-corrected chi connectivity index (χ0v) is 11.7. The molecule has 4 nitrogen and oxygen atoms in total. The summed E-state index contributed by atoms with van der Waals surface area (Å²) >= 11 is 0. The highest BCUT2D eigenvalue weighted by Crippen LogP contribution is 2.33. The number of hydrogen-bond acceptors (Lipinski definition) is 4. The Morgan fingerprint density at radius 2 is 1.78 bits per heavy atom. The van der Waals surface area contributed by atoms with Crippen molar-refractivity contribution in [3.8, 4) is 0 Å². The number of esters is 1. The van der Waals surface area contributed by atoms with E-state index in [1.54, 1.807) is 6.92 Å². The van der Waals surface area contributed by atoms with Gasteiger partial charge in [0.1, 0.15) is 5.54 Å². The van der Waals surface area contributed by atoms with Gasteiger partial charge in [-0.05, 0) is 50.9 Å². The molecule has 104 valence electrons. The third-order valence-electron chi connectivity index (χ3n) is 4.03. The molecule has 1 atom stereocenters. The molecule has 0 spiro atoms. The van der Waals surface area contributed by atoms with Crippen LogP contribution in [0.4, 0.5) is 0 Å². The van der Waals surface area contributed by atoms with Crippen LogP contribution in [0.2, 0.25) is 0 Å². The smallest absolute Gasteiger partial charge is 0.325 e. The van der Waals surface area contributed by atoms with Gasteiger partial charge in [0.15, 0.2) is 0 Å². The van der Waals surface area contributed by atoms with Crippen molar-refractivity contribution in [3.05, 3.63) is 0 Å². The number of carbonyl (C=O) groups excluding carboxylic acids is 1. The molecule has 0 bridgehead atoms. The summed E-state index contributed by atoms with van der Waals surface area (Å²) in [5, 5.41) is 0. The molecular weight excluding hydrogens is 228 g/mol. The van der Waals surface area contributed by atoms with Gasteiger partial charge in [0.05, 0.1) is 7.11 Å². The molecule has 0 amide bonds. The summed E-state index contributed by atoms with van der Waals surface area (Å²) in [7, 11) is 1.40. The fourth-order valence-electron chi connectivity index (χ4n) is 2.31. The third-order valence-corrected chi connectivity index (χ3v) is 4.03. The van der Waals surface area contributed by atoms with Crippen LogP contribution in [0.1, 0.15) is 39.0 Å². The van der Waals surface area contributed by atoms with Crippen LogP contribution >= 0.6 is 0 Å². The van der Waals surface area contributed by atoms with Crippen LogP contribution in [0.25, 0.3) is 0 Å². The molecule has 4 heteroatoms. The normalized spacial score (nSPS) is 22.9. The lowest BCUT2D eigenvalue weighted by Crippen LogP contribution is -2.48. The quantitative estimate of drug-likeness (QED) is 0.665. The van der Waals surface area contributed by atoms with E-state index in [0.717, 1.165) is 18.4 Å². The molecular formula is C14H26N2O2. The fraction of sp³-hybridized carbons (Fsp3) is 0.929. The Morgan fingerprint density at radius 1 is 1.28 bits per heavy atom. The number of hydrogen-bond donors (Lipinski definition) is 1. The maximum atomic E-state index is 11.5. The lowest BCUT2D eigenvalue weighted by atomic mass is 9.99. The van der Waals surface area contributed by atoms with E-state index in [1.165, 1.54) is 45.9 Å². The molecule has 0 saturated heterocycles. The molecule has 1 unspecified atom stereocenters. The average Bonchev–Trinajstić information content (AvgIpc) is 3.20. The minimum atomic E-state index is -0.847. The van der Waals surface area contributed by atoms with E-state index in [9.17, 15) is 4.79 Å². The maximum Gasteiger partial charge on any atom is 0.325 e. The fourth-order valence-corrected chi connectivity index (χ4v) is 2.31. The van der Waals surface area contributed by atoms with E-state index >= 15 is 0 Å². The Kier molecular flexibility index (Phi) is 4.28. The standard InChI is InChI=1S/C14H26N2O2/c1-14(15,13(17)18-2)7-8-16(9-11-3-4-11)10-12-5-6-12/h11-12H,3-10,15H2,1-2H3. The third kappa shape index (κ3) is 4.25. The van der Waals surface area contributed by atoms with Crippen molar-refractivity contribution in [2.45, 2.75) is 44.6 Å². The first kappa shape index (κ1) is 13.8. The van der Waals surface area contributed by atoms with Crippen LogP contribution in [-0.2, 0) is 9.53 Å². The lowest BCUT2D eigenvalue weighted by molar-refractivity contribution is -0.146. The predicted molar refractivity (Wildman–Crippen MR) is 71.1 cm³/mol. The van der Waals surface area contributed by atoms with Crippen molar-refractivity contribution < 1.29 is 9.53 Å². The first-order chi connectivity index (χ1) is 8.51. The molecule has 2 fully saturated rings. The van der Waals surface area contributed by atoms with E-state index in [2.05, 4.69) is 4.90 Å². The van der Waals surface area contributed by atoms with Crippen LogP contribution in [0.15, 0.2) is 0 Å². The van der Waals surface area contributed by atoms with Crippen molar-refractivity contribution in [2.75, 3.05) is 26.7 Å². The van der Waals surface area contributed by atoms with Crippen molar-refractivity contribution >= 4 is 5.97 Å². The number of carbonyl (C=O) groups is 1. The van der Waals surface area contributed by atoms with Crippen LogP contribution in [-0.4, -0.2) is 43.2 Å². The highest BCUT2D eigenvalue weighted by Gasteiger charge is 2.33. The topological polar surface area (TPSA) is 55.6 Å². The largest absolute Gasteiger partial charge is 0.468 e. The second-order valence-corrected chi connectivity index (χ2v) is 6.31. The monoisotopic (exact) mass is 254 g/mol. The summed E-state index contributed by atoms with van der Waals surface area (Å²) < 4.78 is 4.75. The summed E-state index contributed by atoms with van der Waals surface area (Å²) in [6.07, 6.45) is 6.17. The van der Waals surface area contributed by atoms with Gasteiger partial charge in [0.2, 0.25) is 0 Å². The Hall–Kier alpha value is -0.610. The first-order valence-corrected chi connectivity index (χ1v) is 7.11. The molecule has 0 aliphatic heterocycles. The number of nitrogens with two attached hydrogens (primary N) is 1. The molecule has 2 rings (SSSR count). The van der Waals surface area contributed by atoms with Crippen LogP contribution in [0.3, 0.4) is 0 Å². The molecule has 0 radical (unpaired) electrons. The van der Waals surface area contributed by atoms with Gasteiger partial charge in [-0.2, -0.15) is 0 Å². The van der Waals surface area contributed by atoms with E-state index in [4.69, 9.17) is 10.5 Å². The molecule has 2 aliphatic rings. The van der Waals surface area contributed by atoms with Gasteiger partial charge < -0.3 is 15.4 Å². The predicted octanol–water partition coefficient (Wildman–Crippen LogP) is 1.39. The Bertz CT molecular complexity index is 282. The minimum absolute atomic E-state index is 0.305. The molecule has 0 aromatic heterocycles. The molecule has 18 heavy (non-hydrogen) atoms. The van der Waals surface area contributed by atoms with E-state index in [0.29, 0.717) is 6.42 Å². The van der Waals surface area contributed by atoms with Gasteiger partial charge >= 0.3 is 5.97 Å². The minimum Gasteiger partial charge on any atom is -0.468 e.